The van der Waals surface area contributed by atoms with Gasteiger partial charge in [-0.1, -0.05) is 23.8 Å². The lowest BCUT2D eigenvalue weighted by Gasteiger charge is -2.16. The molecule has 0 heterocycles. The first kappa shape index (κ1) is 18.3. The molecule has 130 valence electrons. The number of ether oxygens (including phenoxy) is 1. The molecule has 0 aliphatic heterocycles. The quantitative estimate of drug-likeness (QED) is 0.646. The molecule has 0 fully saturated rings. The van der Waals surface area contributed by atoms with Crippen molar-refractivity contribution in [1.29, 1.82) is 0 Å². The van der Waals surface area contributed by atoms with E-state index in [-0.39, 0.29) is 11.6 Å². The van der Waals surface area contributed by atoms with E-state index < -0.39 is 35.2 Å². The molecule has 0 unspecified atom stereocenters. The van der Waals surface area contributed by atoms with Gasteiger partial charge in [0, 0.05) is 5.69 Å². The van der Waals surface area contributed by atoms with Crippen molar-refractivity contribution in [3.05, 3.63) is 40.9 Å². The number of nitrogens with one attached hydrogen (secondary N) is 1. The maximum atomic E-state index is 12.8. The van der Waals surface area contributed by atoms with Gasteiger partial charge in [-0.15, -0.1) is 0 Å². The Labute approximate surface area is 141 Å². The van der Waals surface area contributed by atoms with Crippen LogP contribution in [-0.4, -0.2) is 18.5 Å². The molecule has 1 aromatic rings. The van der Waals surface area contributed by atoms with Crippen LogP contribution in [0.1, 0.15) is 24.8 Å². The molecular formula is C16H15ClF3NO3. The van der Waals surface area contributed by atoms with Crippen molar-refractivity contribution in [3.63, 3.8) is 0 Å². The summed E-state index contributed by atoms with van der Waals surface area (Å²) in [5, 5.41) is 1.79. The molecule has 0 radical (unpaired) electrons. The van der Waals surface area contributed by atoms with Crippen LogP contribution in [0.3, 0.4) is 0 Å². The van der Waals surface area contributed by atoms with E-state index in [1.54, 1.807) is 0 Å². The smallest absolute Gasteiger partial charge is 0.417 e. The molecule has 4 nitrogen and oxygen atoms in total. The first-order valence-corrected chi connectivity index (χ1v) is 7.63. The predicted molar refractivity (Wildman–Crippen MR) is 82.5 cm³/mol. The number of hydrogen-bond donors (Lipinski definition) is 1. The topological polar surface area (TPSA) is 55.4 Å². The number of rotatable bonds is 4. The summed E-state index contributed by atoms with van der Waals surface area (Å²) in [6, 6.07) is 3.01. The van der Waals surface area contributed by atoms with E-state index in [9.17, 15) is 22.8 Å². The second-order valence-electron chi connectivity index (χ2n) is 5.33. The molecule has 1 aliphatic carbocycles. The molecule has 1 N–H and O–H groups in total. The number of benzene rings is 1. The number of carbonyl (C=O) groups excluding carboxylic acids is 2. The molecule has 1 aliphatic rings. The van der Waals surface area contributed by atoms with Crippen molar-refractivity contribution in [3.8, 4) is 0 Å². The monoisotopic (exact) mass is 361 g/mol. The van der Waals surface area contributed by atoms with Crippen molar-refractivity contribution >= 4 is 29.2 Å². The summed E-state index contributed by atoms with van der Waals surface area (Å²) in [5.74, 6) is -1.48. The molecule has 0 bridgehead atoms. The molecule has 0 saturated heterocycles. The third-order valence-corrected chi connectivity index (χ3v) is 3.83. The highest BCUT2D eigenvalue weighted by atomic mass is 35.5. The normalized spacial score (nSPS) is 17.4. The van der Waals surface area contributed by atoms with Gasteiger partial charge in [-0.2, -0.15) is 13.2 Å². The van der Waals surface area contributed by atoms with Crippen molar-refractivity contribution in [1.82, 2.24) is 0 Å². The van der Waals surface area contributed by atoms with Crippen molar-refractivity contribution in [2.45, 2.75) is 25.4 Å². The Kier molecular flexibility index (Phi) is 5.88. The summed E-state index contributed by atoms with van der Waals surface area (Å²) >= 11 is 5.50. The van der Waals surface area contributed by atoms with Gasteiger partial charge in [0.1, 0.15) is 0 Å². The molecule has 8 heteroatoms. The Bertz CT molecular complexity index is 658. The third-order valence-electron chi connectivity index (χ3n) is 3.50. The van der Waals surface area contributed by atoms with Gasteiger partial charge in [-0.25, -0.2) is 0 Å². The van der Waals surface area contributed by atoms with Gasteiger partial charge in [0.2, 0.25) is 0 Å². The van der Waals surface area contributed by atoms with Gasteiger partial charge in [0.05, 0.1) is 16.5 Å². The van der Waals surface area contributed by atoms with Crippen LogP contribution in [0.5, 0.6) is 0 Å². The summed E-state index contributed by atoms with van der Waals surface area (Å²) < 4.78 is 43.2. The second kappa shape index (κ2) is 7.70. The first-order valence-electron chi connectivity index (χ1n) is 7.25. The Morgan fingerprint density at radius 3 is 2.67 bits per heavy atom. The summed E-state index contributed by atoms with van der Waals surface area (Å²) in [7, 11) is 0. The van der Waals surface area contributed by atoms with E-state index in [0.717, 1.165) is 18.6 Å². The maximum Gasteiger partial charge on any atom is 0.417 e. The van der Waals surface area contributed by atoms with Crippen LogP contribution >= 0.6 is 11.6 Å². The number of anilines is 1. The first-order chi connectivity index (χ1) is 11.3. The average molecular weight is 362 g/mol. The highest BCUT2D eigenvalue weighted by Gasteiger charge is 2.33. The van der Waals surface area contributed by atoms with Crippen molar-refractivity contribution in [2.24, 2.45) is 5.92 Å². The molecule has 0 saturated carbocycles. The number of alkyl halides is 3. The van der Waals surface area contributed by atoms with E-state index in [4.69, 9.17) is 16.3 Å². The summed E-state index contributed by atoms with van der Waals surface area (Å²) in [4.78, 5) is 23.5. The zero-order chi connectivity index (χ0) is 17.7. The molecular weight excluding hydrogens is 347 g/mol. The van der Waals surface area contributed by atoms with E-state index in [1.807, 2.05) is 12.2 Å². The highest BCUT2D eigenvalue weighted by molar-refractivity contribution is 6.31. The SMILES string of the molecule is O=C(COC(=O)[C@H]1CC=CCC1)Nc1ccc(Cl)c(C(F)(F)F)c1. The fourth-order valence-corrected chi connectivity index (χ4v) is 2.50. The largest absolute Gasteiger partial charge is 0.455 e. The molecule has 0 spiro atoms. The third kappa shape index (κ3) is 4.99. The van der Waals surface area contributed by atoms with Gasteiger partial charge in [0.25, 0.3) is 5.91 Å². The zero-order valence-corrected chi connectivity index (χ0v) is 13.3. The Morgan fingerprint density at radius 1 is 1.29 bits per heavy atom. The van der Waals surface area contributed by atoms with Gasteiger partial charge in [0.15, 0.2) is 6.61 Å². The number of allylic oxidation sites excluding steroid dienone is 2. The fourth-order valence-electron chi connectivity index (χ4n) is 2.28. The minimum absolute atomic E-state index is 0.0756. The van der Waals surface area contributed by atoms with Gasteiger partial charge < -0.3 is 10.1 Å². The minimum atomic E-state index is -4.63. The van der Waals surface area contributed by atoms with E-state index in [2.05, 4.69) is 5.32 Å². The Balaban J connectivity index is 1.90. The van der Waals surface area contributed by atoms with Crippen LogP contribution in [0.15, 0.2) is 30.4 Å². The molecule has 24 heavy (non-hydrogen) atoms. The lowest BCUT2D eigenvalue weighted by Crippen LogP contribution is -2.25. The molecule has 2 rings (SSSR count). The van der Waals surface area contributed by atoms with Crippen LogP contribution in [0, 0.1) is 5.92 Å². The Morgan fingerprint density at radius 2 is 2.04 bits per heavy atom. The van der Waals surface area contributed by atoms with E-state index in [1.165, 1.54) is 6.07 Å². The molecule has 0 aromatic heterocycles. The van der Waals surface area contributed by atoms with Crippen LogP contribution in [0.25, 0.3) is 0 Å². The van der Waals surface area contributed by atoms with Gasteiger partial charge in [-0.3, -0.25) is 9.59 Å². The number of esters is 1. The van der Waals surface area contributed by atoms with Crippen molar-refractivity contribution in [2.75, 3.05) is 11.9 Å². The maximum absolute atomic E-state index is 12.8. The highest BCUT2D eigenvalue weighted by Crippen LogP contribution is 2.36. The van der Waals surface area contributed by atoms with Crippen molar-refractivity contribution < 1.29 is 27.5 Å². The van der Waals surface area contributed by atoms with E-state index >= 15 is 0 Å². The predicted octanol–water partition coefficient (Wildman–Crippen LogP) is 4.20. The summed E-state index contributed by atoms with van der Waals surface area (Å²) in [6.45, 7) is -0.553. The second-order valence-corrected chi connectivity index (χ2v) is 5.74. The number of amides is 1. The number of hydrogen-bond acceptors (Lipinski definition) is 3. The Hall–Kier alpha value is -2.02. The van der Waals surface area contributed by atoms with E-state index in [0.29, 0.717) is 12.8 Å². The van der Waals surface area contributed by atoms with Crippen LogP contribution < -0.4 is 5.32 Å². The summed E-state index contributed by atoms with van der Waals surface area (Å²) in [6.07, 6.45) is 1.21. The van der Waals surface area contributed by atoms with Gasteiger partial charge in [-0.05, 0) is 37.5 Å². The molecule has 1 atom stereocenters. The van der Waals surface area contributed by atoms with Crippen LogP contribution in [0.4, 0.5) is 18.9 Å². The van der Waals surface area contributed by atoms with Gasteiger partial charge >= 0.3 is 12.1 Å². The number of halogens is 4. The minimum Gasteiger partial charge on any atom is -0.455 e. The lowest BCUT2D eigenvalue weighted by molar-refractivity contribution is -0.151. The average Bonchev–Trinajstić information content (AvgIpc) is 2.54. The number of carbonyl (C=O) groups is 2. The fraction of sp³-hybridized carbons (Fsp3) is 0.375. The summed E-state index contributed by atoms with van der Waals surface area (Å²) in [5.41, 5.74) is -1.12. The molecule has 1 amide bonds. The molecule has 1 aromatic carbocycles. The van der Waals surface area contributed by atoms with Crippen LogP contribution in [-0.2, 0) is 20.5 Å². The van der Waals surface area contributed by atoms with Crippen LogP contribution in [0.2, 0.25) is 5.02 Å². The lowest BCUT2D eigenvalue weighted by atomic mass is 9.95. The zero-order valence-electron chi connectivity index (χ0n) is 12.5. The standard InChI is InChI=1S/C16H15ClF3NO3/c17-13-7-6-11(8-12(13)16(18,19)20)21-14(22)9-24-15(23)10-4-2-1-3-5-10/h1-2,6-8,10H,3-5,9H2,(H,21,22)/t10-/m0/s1.